The van der Waals surface area contributed by atoms with E-state index in [1.165, 1.54) is 32.1 Å². The van der Waals surface area contributed by atoms with Gasteiger partial charge in [0.25, 0.3) is 0 Å². The largest absolute Gasteiger partial charge is 0.381 e. The smallest absolute Gasteiger partial charge is 0.240 e. The van der Waals surface area contributed by atoms with Gasteiger partial charge >= 0.3 is 0 Å². The molecule has 2 fully saturated rings. The van der Waals surface area contributed by atoms with Crippen LogP contribution in [0.5, 0.6) is 0 Å². The standard InChI is InChI=1S/C14H23N3O2/c1-2-4-7-17(8-5-3-1)10-13-15-14(16-19-13)12-6-9-18-11-12/h12H,1-11H2/t12-/m1/s1. The summed E-state index contributed by atoms with van der Waals surface area (Å²) >= 11 is 0. The van der Waals surface area contributed by atoms with Crippen LogP contribution in [0.3, 0.4) is 0 Å². The zero-order valence-electron chi connectivity index (χ0n) is 11.5. The molecule has 0 aliphatic carbocycles. The first-order valence-corrected chi connectivity index (χ1v) is 7.54. The van der Waals surface area contributed by atoms with Gasteiger partial charge in [0.2, 0.25) is 5.89 Å². The highest BCUT2D eigenvalue weighted by atomic mass is 16.5. The lowest BCUT2D eigenvalue weighted by molar-refractivity contribution is 0.192. The molecule has 5 nitrogen and oxygen atoms in total. The summed E-state index contributed by atoms with van der Waals surface area (Å²) in [7, 11) is 0. The Morgan fingerprint density at radius 2 is 1.89 bits per heavy atom. The predicted octanol–water partition coefficient (Wildman–Crippen LogP) is 2.34. The van der Waals surface area contributed by atoms with E-state index in [-0.39, 0.29) is 0 Å². The highest BCUT2D eigenvalue weighted by Gasteiger charge is 2.23. The summed E-state index contributed by atoms with van der Waals surface area (Å²) < 4.78 is 10.8. The van der Waals surface area contributed by atoms with E-state index in [1.54, 1.807) is 0 Å². The van der Waals surface area contributed by atoms with Crippen molar-refractivity contribution in [2.24, 2.45) is 0 Å². The Labute approximate surface area is 114 Å². The summed E-state index contributed by atoms with van der Waals surface area (Å²) in [6.07, 6.45) is 7.69. The maximum atomic E-state index is 5.39. The van der Waals surface area contributed by atoms with Crippen molar-refractivity contribution >= 4 is 0 Å². The minimum atomic E-state index is 0.338. The second-order valence-electron chi connectivity index (χ2n) is 5.65. The predicted molar refractivity (Wildman–Crippen MR) is 70.8 cm³/mol. The van der Waals surface area contributed by atoms with Crippen molar-refractivity contribution < 1.29 is 9.26 Å². The number of hydrogen-bond acceptors (Lipinski definition) is 5. The molecule has 0 spiro atoms. The summed E-state index contributed by atoms with van der Waals surface area (Å²) in [6, 6.07) is 0. The van der Waals surface area contributed by atoms with E-state index in [0.29, 0.717) is 5.92 Å². The van der Waals surface area contributed by atoms with Crippen molar-refractivity contribution in [3.8, 4) is 0 Å². The van der Waals surface area contributed by atoms with Gasteiger partial charge < -0.3 is 9.26 Å². The van der Waals surface area contributed by atoms with Crippen LogP contribution in [0.15, 0.2) is 4.52 Å². The van der Waals surface area contributed by atoms with Gasteiger partial charge in [-0.25, -0.2) is 0 Å². The molecule has 0 radical (unpaired) electrons. The third-order valence-corrected chi connectivity index (χ3v) is 4.09. The Kier molecular flexibility index (Phi) is 4.45. The molecule has 106 valence electrons. The molecule has 1 aromatic heterocycles. The number of nitrogens with zero attached hydrogens (tertiary/aromatic N) is 3. The lowest BCUT2D eigenvalue weighted by Crippen LogP contribution is -2.27. The fourth-order valence-corrected chi connectivity index (χ4v) is 2.90. The van der Waals surface area contributed by atoms with Crippen LogP contribution in [0.4, 0.5) is 0 Å². The summed E-state index contributed by atoms with van der Waals surface area (Å²) in [5.41, 5.74) is 0. The maximum Gasteiger partial charge on any atom is 0.240 e. The van der Waals surface area contributed by atoms with E-state index in [4.69, 9.17) is 9.26 Å². The molecular formula is C14H23N3O2. The van der Waals surface area contributed by atoms with Gasteiger partial charge in [-0.2, -0.15) is 4.98 Å². The molecule has 1 atom stereocenters. The highest BCUT2D eigenvalue weighted by molar-refractivity contribution is 4.97. The van der Waals surface area contributed by atoms with Crippen molar-refractivity contribution in [3.63, 3.8) is 0 Å². The first-order chi connectivity index (χ1) is 9.42. The van der Waals surface area contributed by atoms with Gasteiger partial charge in [-0.1, -0.05) is 24.4 Å². The van der Waals surface area contributed by atoms with Crippen LogP contribution in [-0.4, -0.2) is 41.3 Å². The zero-order valence-corrected chi connectivity index (χ0v) is 11.5. The highest BCUT2D eigenvalue weighted by Crippen LogP contribution is 2.22. The normalized spacial score (nSPS) is 26.2. The zero-order chi connectivity index (χ0) is 12.9. The molecule has 3 heterocycles. The molecule has 0 bridgehead atoms. The fraction of sp³-hybridized carbons (Fsp3) is 0.857. The average Bonchev–Trinajstić information content (AvgIpc) is 3.03. The molecule has 0 saturated carbocycles. The molecule has 0 aromatic carbocycles. The molecule has 2 aliphatic rings. The number of hydrogen-bond donors (Lipinski definition) is 0. The van der Waals surface area contributed by atoms with Crippen LogP contribution >= 0.6 is 0 Å². The molecular weight excluding hydrogens is 242 g/mol. The average molecular weight is 265 g/mol. The van der Waals surface area contributed by atoms with E-state index in [2.05, 4.69) is 15.0 Å². The summed E-state index contributed by atoms with van der Waals surface area (Å²) in [4.78, 5) is 6.99. The van der Waals surface area contributed by atoms with Crippen molar-refractivity contribution in [3.05, 3.63) is 11.7 Å². The molecule has 2 aliphatic heterocycles. The van der Waals surface area contributed by atoms with Crippen LogP contribution in [0.2, 0.25) is 0 Å². The molecule has 19 heavy (non-hydrogen) atoms. The molecule has 0 N–H and O–H groups in total. The first-order valence-electron chi connectivity index (χ1n) is 7.54. The van der Waals surface area contributed by atoms with Crippen molar-refractivity contribution in [1.29, 1.82) is 0 Å². The molecule has 3 rings (SSSR count). The minimum absolute atomic E-state index is 0.338. The van der Waals surface area contributed by atoms with Crippen molar-refractivity contribution in [2.75, 3.05) is 26.3 Å². The van der Waals surface area contributed by atoms with Crippen LogP contribution in [-0.2, 0) is 11.3 Å². The van der Waals surface area contributed by atoms with E-state index in [9.17, 15) is 0 Å². The second-order valence-corrected chi connectivity index (χ2v) is 5.65. The fourth-order valence-electron chi connectivity index (χ4n) is 2.90. The van der Waals surface area contributed by atoms with Crippen LogP contribution in [0.1, 0.15) is 56.2 Å². The Hall–Kier alpha value is -0.940. The number of likely N-dealkylation sites (tertiary alicyclic amines) is 1. The van der Waals surface area contributed by atoms with Gasteiger partial charge in [0, 0.05) is 12.5 Å². The molecule has 0 unspecified atom stereocenters. The summed E-state index contributed by atoms with van der Waals surface area (Å²) in [5.74, 6) is 1.94. The topological polar surface area (TPSA) is 51.4 Å². The van der Waals surface area contributed by atoms with Gasteiger partial charge in [-0.15, -0.1) is 0 Å². The monoisotopic (exact) mass is 265 g/mol. The lowest BCUT2D eigenvalue weighted by Gasteiger charge is -2.22. The third kappa shape index (κ3) is 3.54. The maximum absolute atomic E-state index is 5.39. The molecule has 5 heteroatoms. The van der Waals surface area contributed by atoms with E-state index < -0.39 is 0 Å². The number of ether oxygens (including phenoxy) is 1. The van der Waals surface area contributed by atoms with E-state index in [0.717, 1.165) is 51.0 Å². The Morgan fingerprint density at radius 3 is 2.63 bits per heavy atom. The summed E-state index contributed by atoms with van der Waals surface area (Å²) in [6.45, 7) is 4.68. The minimum Gasteiger partial charge on any atom is -0.381 e. The van der Waals surface area contributed by atoms with E-state index >= 15 is 0 Å². The van der Waals surface area contributed by atoms with Crippen molar-refractivity contribution in [2.45, 2.75) is 51.0 Å². The SMILES string of the molecule is C1CCCN(Cc2nc([C@@H]3CCOC3)no2)CCC1. The van der Waals surface area contributed by atoms with Gasteiger partial charge in [0.05, 0.1) is 13.2 Å². The van der Waals surface area contributed by atoms with Crippen LogP contribution in [0, 0.1) is 0 Å². The van der Waals surface area contributed by atoms with Gasteiger partial charge in [-0.05, 0) is 32.4 Å². The summed E-state index contributed by atoms with van der Waals surface area (Å²) in [5, 5.41) is 4.11. The molecule has 1 aromatic rings. The quantitative estimate of drug-likeness (QED) is 0.839. The van der Waals surface area contributed by atoms with Crippen molar-refractivity contribution in [1.82, 2.24) is 15.0 Å². The molecule has 2 saturated heterocycles. The number of aromatic nitrogens is 2. The third-order valence-electron chi connectivity index (χ3n) is 4.09. The van der Waals surface area contributed by atoms with Gasteiger partial charge in [0.1, 0.15) is 0 Å². The Balaban J connectivity index is 1.56. The number of rotatable bonds is 3. The van der Waals surface area contributed by atoms with Gasteiger partial charge in [0.15, 0.2) is 5.82 Å². The Morgan fingerprint density at radius 1 is 1.11 bits per heavy atom. The first kappa shape index (κ1) is 13.1. The van der Waals surface area contributed by atoms with Crippen LogP contribution < -0.4 is 0 Å². The molecule has 0 amide bonds. The van der Waals surface area contributed by atoms with Gasteiger partial charge in [-0.3, -0.25) is 4.90 Å². The Bertz CT molecular complexity index is 380. The second kappa shape index (κ2) is 6.48. The van der Waals surface area contributed by atoms with Crippen LogP contribution in [0.25, 0.3) is 0 Å². The lowest BCUT2D eigenvalue weighted by atomic mass is 10.1. The van der Waals surface area contributed by atoms with E-state index in [1.807, 2.05) is 0 Å².